The summed E-state index contributed by atoms with van der Waals surface area (Å²) in [6.45, 7) is 3.61. The van der Waals surface area contributed by atoms with Gasteiger partial charge in [0.05, 0.1) is 0 Å². The van der Waals surface area contributed by atoms with Crippen molar-refractivity contribution in [3.8, 4) is 0 Å². The second-order valence-corrected chi connectivity index (χ2v) is 2.79. The van der Waals surface area contributed by atoms with Crippen molar-refractivity contribution in [2.75, 3.05) is 18.4 Å². The van der Waals surface area contributed by atoms with Crippen LogP contribution in [0, 0.1) is 0 Å². The number of anilines is 1. The van der Waals surface area contributed by atoms with Gasteiger partial charge in [-0.3, -0.25) is 0 Å². The van der Waals surface area contributed by atoms with Crippen LogP contribution >= 0.6 is 0 Å². The van der Waals surface area contributed by atoms with Crippen LogP contribution in [0.15, 0.2) is 12.3 Å². The Morgan fingerprint density at radius 2 is 2.38 bits per heavy atom. The van der Waals surface area contributed by atoms with Gasteiger partial charge in [0.1, 0.15) is 0 Å². The molecule has 0 saturated heterocycles. The molecule has 0 aliphatic carbocycles. The largest absolute Gasteiger partial charge is 0.354 e. The van der Waals surface area contributed by atoms with E-state index in [-0.39, 0.29) is 0 Å². The maximum Gasteiger partial charge on any atom is 0.222 e. The zero-order chi connectivity index (χ0) is 9.52. The topological polar surface area (TPSA) is 63.8 Å². The number of aromatic nitrogens is 2. The average Bonchev–Trinajstić information content (AvgIpc) is 2.19. The molecule has 1 aromatic heterocycles. The molecule has 1 heterocycles. The summed E-state index contributed by atoms with van der Waals surface area (Å²) in [5.41, 5.74) is 6.43. The Kier molecular flexibility index (Phi) is 4.18. The molecule has 0 bridgehead atoms. The van der Waals surface area contributed by atoms with Crippen LogP contribution in [0.4, 0.5) is 5.95 Å². The third kappa shape index (κ3) is 3.38. The van der Waals surface area contributed by atoms with E-state index >= 15 is 0 Å². The van der Waals surface area contributed by atoms with Crippen molar-refractivity contribution in [2.24, 2.45) is 5.73 Å². The highest BCUT2D eigenvalue weighted by Gasteiger charge is 1.95. The van der Waals surface area contributed by atoms with E-state index in [0.717, 1.165) is 25.1 Å². The van der Waals surface area contributed by atoms with Crippen LogP contribution in [0.1, 0.15) is 19.0 Å². The summed E-state index contributed by atoms with van der Waals surface area (Å²) in [6, 6.07) is 1.92. The van der Waals surface area contributed by atoms with Gasteiger partial charge in [-0.15, -0.1) is 0 Å². The summed E-state index contributed by atoms with van der Waals surface area (Å²) in [7, 11) is 0. The standard InChI is InChI=1S/C9H16N4/c1-2-8-4-7-12-9(13-8)11-6-3-5-10/h4,7H,2-3,5-6,10H2,1H3,(H,11,12,13). The molecule has 0 aliphatic heterocycles. The molecule has 0 radical (unpaired) electrons. The number of hydrogen-bond donors (Lipinski definition) is 2. The molecule has 0 atom stereocenters. The summed E-state index contributed by atoms with van der Waals surface area (Å²) in [6.07, 6.45) is 3.66. The predicted molar refractivity (Wildman–Crippen MR) is 53.6 cm³/mol. The number of rotatable bonds is 5. The molecule has 0 spiro atoms. The molecule has 0 aromatic carbocycles. The first-order valence-corrected chi connectivity index (χ1v) is 4.62. The molecule has 0 unspecified atom stereocenters. The van der Waals surface area contributed by atoms with Crippen LogP contribution in [0.3, 0.4) is 0 Å². The van der Waals surface area contributed by atoms with Crippen LogP contribution in [-0.4, -0.2) is 23.1 Å². The Morgan fingerprint density at radius 3 is 3.08 bits per heavy atom. The van der Waals surface area contributed by atoms with Crippen molar-refractivity contribution >= 4 is 5.95 Å². The fraction of sp³-hybridized carbons (Fsp3) is 0.556. The van der Waals surface area contributed by atoms with Crippen LogP contribution < -0.4 is 11.1 Å². The van der Waals surface area contributed by atoms with Gasteiger partial charge in [-0.1, -0.05) is 6.92 Å². The lowest BCUT2D eigenvalue weighted by molar-refractivity contribution is 0.859. The molecule has 4 nitrogen and oxygen atoms in total. The Morgan fingerprint density at radius 1 is 1.54 bits per heavy atom. The Balaban J connectivity index is 2.46. The normalized spacial score (nSPS) is 10.0. The minimum absolute atomic E-state index is 0.695. The van der Waals surface area contributed by atoms with Crippen molar-refractivity contribution in [3.05, 3.63) is 18.0 Å². The van der Waals surface area contributed by atoms with Gasteiger partial charge >= 0.3 is 0 Å². The van der Waals surface area contributed by atoms with Gasteiger partial charge in [0.15, 0.2) is 0 Å². The SMILES string of the molecule is CCc1ccnc(NCCCN)n1. The third-order valence-corrected chi connectivity index (χ3v) is 1.74. The average molecular weight is 180 g/mol. The van der Waals surface area contributed by atoms with Crippen molar-refractivity contribution < 1.29 is 0 Å². The lowest BCUT2D eigenvalue weighted by atomic mass is 10.3. The monoisotopic (exact) mass is 180 g/mol. The van der Waals surface area contributed by atoms with Crippen LogP contribution in [0.5, 0.6) is 0 Å². The minimum atomic E-state index is 0.695. The lowest BCUT2D eigenvalue weighted by Crippen LogP contribution is -2.10. The van der Waals surface area contributed by atoms with Gasteiger partial charge in [-0.05, 0) is 25.5 Å². The van der Waals surface area contributed by atoms with E-state index < -0.39 is 0 Å². The molecular formula is C9H16N4. The molecule has 1 aromatic rings. The van der Waals surface area contributed by atoms with Crippen LogP contribution in [0.2, 0.25) is 0 Å². The predicted octanol–water partition coefficient (Wildman–Crippen LogP) is 0.800. The zero-order valence-electron chi connectivity index (χ0n) is 7.95. The molecule has 0 amide bonds. The maximum absolute atomic E-state index is 5.37. The van der Waals surface area contributed by atoms with Gasteiger partial charge in [-0.2, -0.15) is 0 Å². The second-order valence-electron chi connectivity index (χ2n) is 2.79. The van der Waals surface area contributed by atoms with E-state index in [2.05, 4.69) is 22.2 Å². The number of nitrogens with two attached hydrogens (primary N) is 1. The van der Waals surface area contributed by atoms with E-state index in [1.54, 1.807) is 6.20 Å². The molecule has 3 N–H and O–H groups in total. The zero-order valence-corrected chi connectivity index (χ0v) is 7.95. The molecule has 0 fully saturated rings. The highest BCUT2D eigenvalue weighted by molar-refractivity contribution is 5.24. The molecule has 13 heavy (non-hydrogen) atoms. The summed E-state index contributed by atoms with van der Waals surface area (Å²) in [5, 5.41) is 3.12. The molecular weight excluding hydrogens is 164 g/mol. The van der Waals surface area contributed by atoms with E-state index in [4.69, 9.17) is 5.73 Å². The second kappa shape index (κ2) is 5.48. The van der Waals surface area contributed by atoms with Gasteiger partial charge < -0.3 is 11.1 Å². The van der Waals surface area contributed by atoms with Gasteiger partial charge in [0.2, 0.25) is 5.95 Å². The van der Waals surface area contributed by atoms with Crippen molar-refractivity contribution in [2.45, 2.75) is 19.8 Å². The van der Waals surface area contributed by atoms with Crippen molar-refractivity contribution in [3.63, 3.8) is 0 Å². The van der Waals surface area contributed by atoms with Gasteiger partial charge in [-0.25, -0.2) is 9.97 Å². The first-order chi connectivity index (χ1) is 6.36. The number of hydrogen-bond acceptors (Lipinski definition) is 4. The Labute approximate surface area is 78.6 Å². The summed E-state index contributed by atoms with van der Waals surface area (Å²) < 4.78 is 0. The molecule has 0 aliphatic rings. The number of aryl methyl sites for hydroxylation is 1. The summed E-state index contributed by atoms with van der Waals surface area (Å²) >= 11 is 0. The first kappa shape index (κ1) is 9.92. The first-order valence-electron chi connectivity index (χ1n) is 4.62. The molecule has 4 heteroatoms. The maximum atomic E-state index is 5.37. The van der Waals surface area contributed by atoms with Crippen LogP contribution in [0.25, 0.3) is 0 Å². The highest BCUT2D eigenvalue weighted by Crippen LogP contribution is 2.00. The molecule has 72 valence electrons. The third-order valence-electron chi connectivity index (χ3n) is 1.74. The Hall–Kier alpha value is -1.16. The number of nitrogens with one attached hydrogen (secondary N) is 1. The summed E-state index contributed by atoms with van der Waals surface area (Å²) in [4.78, 5) is 8.40. The number of nitrogens with zero attached hydrogens (tertiary/aromatic N) is 2. The quantitative estimate of drug-likeness (QED) is 0.658. The fourth-order valence-electron chi connectivity index (χ4n) is 0.980. The fourth-order valence-corrected chi connectivity index (χ4v) is 0.980. The van der Waals surface area contributed by atoms with E-state index in [1.165, 1.54) is 0 Å². The van der Waals surface area contributed by atoms with E-state index in [0.29, 0.717) is 12.5 Å². The van der Waals surface area contributed by atoms with Gasteiger partial charge in [0, 0.05) is 18.4 Å². The minimum Gasteiger partial charge on any atom is -0.354 e. The molecule has 0 saturated carbocycles. The van der Waals surface area contributed by atoms with Gasteiger partial charge in [0.25, 0.3) is 0 Å². The molecule has 1 rings (SSSR count). The smallest absolute Gasteiger partial charge is 0.222 e. The lowest BCUT2D eigenvalue weighted by Gasteiger charge is -2.03. The summed E-state index contributed by atoms with van der Waals surface area (Å²) in [5.74, 6) is 0.702. The van der Waals surface area contributed by atoms with Crippen molar-refractivity contribution in [1.29, 1.82) is 0 Å². The van der Waals surface area contributed by atoms with Crippen LogP contribution in [-0.2, 0) is 6.42 Å². The Bertz CT molecular complexity index is 249. The highest BCUT2D eigenvalue weighted by atomic mass is 15.1. The van der Waals surface area contributed by atoms with Crippen molar-refractivity contribution in [1.82, 2.24) is 9.97 Å². The van der Waals surface area contributed by atoms with E-state index in [9.17, 15) is 0 Å². The van der Waals surface area contributed by atoms with E-state index in [1.807, 2.05) is 6.07 Å².